The van der Waals surface area contributed by atoms with Crippen LogP contribution in [0.25, 0.3) is 0 Å². The number of hydrazine groups is 1. The molecule has 1 atom stereocenters. The third kappa shape index (κ3) is 3.38. The van der Waals surface area contributed by atoms with Crippen LogP contribution >= 0.6 is 0 Å². The molecule has 3 rings (SSSR count). The highest BCUT2D eigenvalue weighted by atomic mass is 16.5. The molecule has 148 valence electrons. The minimum absolute atomic E-state index is 0.0706. The van der Waals surface area contributed by atoms with Crippen molar-refractivity contribution in [3.8, 4) is 11.5 Å². The Morgan fingerprint density at radius 2 is 2.00 bits per heavy atom. The number of rotatable bonds is 6. The first-order chi connectivity index (χ1) is 13.3. The number of ether oxygens (including phenoxy) is 2. The van der Waals surface area contributed by atoms with E-state index in [2.05, 4.69) is 10.7 Å². The van der Waals surface area contributed by atoms with Crippen molar-refractivity contribution < 1.29 is 28.3 Å². The summed E-state index contributed by atoms with van der Waals surface area (Å²) in [5.41, 5.74) is 1.11. The Balaban J connectivity index is 1.79. The van der Waals surface area contributed by atoms with Gasteiger partial charge < -0.3 is 19.2 Å². The average Bonchev–Trinajstić information content (AvgIpc) is 3.26. The number of benzene rings is 1. The molecule has 9 heteroatoms. The monoisotopic (exact) mass is 387 g/mol. The number of nitrogens with zero attached hydrogens (tertiary/aromatic N) is 1. The van der Waals surface area contributed by atoms with E-state index in [1.54, 1.807) is 18.2 Å². The van der Waals surface area contributed by atoms with E-state index < -0.39 is 23.4 Å². The number of carbonyl (C=O) groups is 3. The highest BCUT2D eigenvalue weighted by molar-refractivity contribution is 6.09. The molecule has 0 unspecified atom stereocenters. The first kappa shape index (κ1) is 19.3. The van der Waals surface area contributed by atoms with Gasteiger partial charge in [-0.3, -0.25) is 15.0 Å². The van der Waals surface area contributed by atoms with Crippen LogP contribution in [-0.2, 0) is 10.3 Å². The van der Waals surface area contributed by atoms with Gasteiger partial charge in [-0.15, -0.1) is 0 Å². The van der Waals surface area contributed by atoms with Gasteiger partial charge in [-0.05, 0) is 51.1 Å². The van der Waals surface area contributed by atoms with Gasteiger partial charge in [0.15, 0.2) is 17.0 Å². The van der Waals surface area contributed by atoms with Gasteiger partial charge in [0.25, 0.3) is 11.8 Å². The van der Waals surface area contributed by atoms with E-state index in [-0.39, 0.29) is 17.4 Å². The van der Waals surface area contributed by atoms with Crippen LogP contribution in [0.3, 0.4) is 0 Å². The molecule has 1 aliphatic rings. The van der Waals surface area contributed by atoms with Crippen molar-refractivity contribution in [3.05, 3.63) is 47.9 Å². The lowest BCUT2D eigenvalue weighted by molar-refractivity contribution is -0.133. The van der Waals surface area contributed by atoms with E-state index in [4.69, 9.17) is 13.9 Å². The second kappa shape index (κ2) is 7.26. The molecular weight excluding hydrogens is 366 g/mol. The van der Waals surface area contributed by atoms with Gasteiger partial charge in [0.2, 0.25) is 0 Å². The second-order valence-corrected chi connectivity index (χ2v) is 6.65. The van der Waals surface area contributed by atoms with Crippen molar-refractivity contribution >= 4 is 17.8 Å². The molecule has 0 aliphatic carbocycles. The van der Waals surface area contributed by atoms with E-state index in [0.717, 1.165) is 0 Å². The van der Waals surface area contributed by atoms with E-state index in [1.807, 2.05) is 13.8 Å². The van der Waals surface area contributed by atoms with Crippen molar-refractivity contribution in [2.75, 3.05) is 7.11 Å². The lowest BCUT2D eigenvalue weighted by Gasteiger charge is -2.19. The summed E-state index contributed by atoms with van der Waals surface area (Å²) in [4.78, 5) is 37.6. The number of carbonyl (C=O) groups excluding carboxylic acids is 3. The first-order valence-corrected chi connectivity index (χ1v) is 8.62. The summed E-state index contributed by atoms with van der Waals surface area (Å²) >= 11 is 0. The zero-order valence-corrected chi connectivity index (χ0v) is 15.9. The molecular formula is C19H21N3O6. The van der Waals surface area contributed by atoms with Gasteiger partial charge in [0.05, 0.1) is 19.5 Å². The molecule has 4 amide bonds. The molecule has 2 aromatic rings. The zero-order valence-electron chi connectivity index (χ0n) is 15.9. The Hall–Kier alpha value is -3.49. The van der Waals surface area contributed by atoms with Gasteiger partial charge in [-0.25, -0.2) is 4.79 Å². The maximum absolute atomic E-state index is 12.7. The first-order valence-electron chi connectivity index (χ1n) is 8.62. The topological polar surface area (TPSA) is 110 Å². The fraction of sp³-hybridized carbons (Fsp3) is 0.316. The smallest absolute Gasteiger partial charge is 0.344 e. The number of furan rings is 1. The molecule has 2 heterocycles. The lowest BCUT2D eigenvalue weighted by atomic mass is 10.00. The molecule has 1 aromatic heterocycles. The average molecular weight is 387 g/mol. The highest BCUT2D eigenvalue weighted by Gasteiger charge is 2.52. The number of hydrogen-bond acceptors (Lipinski definition) is 6. The lowest BCUT2D eigenvalue weighted by Crippen LogP contribution is -2.47. The van der Waals surface area contributed by atoms with Crippen LogP contribution in [0.1, 0.15) is 36.9 Å². The van der Waals surface area contributed by atoms with Crippen LogP contribution in [-0.4, -0.2) is 36.1 Å². The minimum atomic E-state index is -1.40. The summed E-state index contributed by atoms with van der Waals surface area (Å²) in [6, 6.07) is 6.99. The van der Waals surface area contributed by atoms with Crippen LogP contribution in [0.15, 0.2) is 41.0 Å². The number of hydrogen-bond donors (Lipinski definition) is 2. The van der Waals surface area contributed by atoms with Crippen LogP contribution in [0.5, 0.6) is 11.5 Å². The predicted octanol–water partition coefficient (Wildman–Crippen LogP) is 2.19. The molecule has 0 radical (unpaired) electrons. The zero-order chi connectivity index (χ0) is 20.5. The summed E-state index contributed by atoms with van der Waals surface area (Å²) in [5.74, 6) is -0.206. The van der Waals surface area contributed by atoms with Gasteiger partial charge >= 0.3 is 6.03 Å². The third-order valence-electron chi connectivity index (χ3n) is 4.21. The molecule has 28 heavy (non-hydrogen) atoms. The number of methoxy groups -OCH3 is 1. The summed E-state index contributed by atoms with van der Waals surface area (Å²) in [7, 11) is 1.45. The molecule has 1 fully saturated rings. The number of imide groups is 1. The van der Waals surface area contributed by atoms with E-state index >= 15 is 0 Å². The molecule has 9 nitrogen and oxygen atoms in total. The summed E-state index contributed by atoms with van der Waals surface area (Å²) in [6.45, 7) is 5.24. The molecule has 0 bridgehead atoms. The Morgan fingerprint density at radius 1 is 1.25 bits per heavy atom. The third-order valence-corrected chi connectivity index (χ3v) is 4.21. The maximum Gasteiger partial charge on any atom is 0.344 e. The largest absolute Gasteiger partial charge is 0.493 e. The quantitative estimate of drug-likeness (QED) is 0.735. The van der Waals surface area contributed by atoms with Crippen LogP contribution in [0, 0.1) is 0 Å². The molecule has 0 spiro atoms. The van der Waals surface area contributed by atoms with Crippen molar-refractivity contribution in [3.63, 3.8) is 0 Å². The number of urea groups is 1. The summed E-state index contributed by atoms with van der Waals surface area (Å²) < 4.78 is 16.1. The maximum atomic E-state index is 12.7. The molecule has 1 saturated heterocycles. The highest BCUT2D eigenvalue weighted by Crippen LogP contribution is 2.30. The summed E-state index contributed by atoms with van der Waals surface area (Å²) in [5, 5.41) is 3.16. The van der Waals surface area contributed by atoms with E-state index in [0.29, 0.717) is 16.5 Å². The summed E-state index contributed by atoms with van der Waals surface area (Å²) in [6.07, 6.45) is 1.33. The van der Waals surface area contributed by atoms with Gasteiger partial charge in [0, 0.05) is 5.56 Å². The Morgan fingerprint density at radius 3 is 2.61 bits per heavy atom. The molecule has 2 N–H and O–H groups in total. The minimum Gasteiger partial charge on any atom is -0.493 e. The van der Waals surface area contributed by atoms with Crippen LogP contribution in [0.4, 0.5) is 4.79 Å². The normalized spacial score (nSPS) is 19.0. The van der Waals surface area contributed by atoms with Crippen LogP contribution < -0.4 is 20.2 Å². The standard InChI is InChI=1S/C19H21N3O6/c1-11(2)28-13-8-7-12(10-14(13)26-4)16(23)21-22-17(24)19(3,20-18(22)25)15-6-5-9-27-15/h5-11H,1-4H3,(H,20,25)(H,21,23)/t19-/m0/s1. The van der Waals surface area contributed by atoms with Gasteiger partial charge in [0.1, 0.15) is 5.76 Å². The molecule has 0 saturated carbocycles. The fourth-order valence-electron chi connectivity index (χ4n) is 2.80. The Kier molecular flexibility index (Phi) is 5.00. The molecule has 1 aromatic carbocycles. The fourth-order valence-corrected chi connectivity index (χ4v) is 2.80. The SMILES string of the molecule is COc1cc(C(=O)NN2C(=O)N[C@@](C)(c3ccco3)C2=O)ccc1OC(C)C. The van der Waals surface area contributed by atoms with Crippen molar-refractivity contribution in [1.82, 2.24) is 15.8 Å². The van der Waals surface area contributed by atoms with Gasteiger partial charge in [-0.2, -0.15) is 5.01 Å². The van der Waals surface area contributed by atoms with Crippen LogP contribution in [0.2, 0.25) is 0 Å². The number of amides is 4. The van der Waals surface area contributed by atoms with Crippen molar-refractivity contribution in [1.29, 1.82) is 0 Å². The Bertz CT molecular complexity index is 908. The van der Waals surface area contributed by atoms with E-state index in [1.165, 1.54) is 32.4 Å². The van der Waals surface area contributed by atoms with Crippen molar-refractivity contribution in [2.24, 2.45) is 0 Å². The van der Waals surface area contributed by atoms with Gasteiger partial charge in [-0.1, -0.05) is 0 Å². The van der Waals surface area contributed by atoms with Crippen molar-refractivity contribution in [2.45, 2.75) is 32.4 Å². The molecule has 1 aliphatic heterocycles. The number of nitrogens with one attached hydrogen (secondary N) is 2. The predicted molar refractivity (Wildman–Crippen MR) is 97.7 cm³/mol. The van der Waals surface area contributed by atoms with E-state index in [9.17, 15) is 14.4 Å². The second-order valence-electron chi connectivity index (χ2n) is 6.65. The Labute approximate surface area is 161 Å².